The summed E-state index contributed by atoms with van der Waals surface area (Å²) in [6, 6.07) is 3.69. The molecule has 2 N–H and O–H groups in total. The second-order valence-electron chi connectivity index (χ2n) is 4.92. The fourth-order valence-electron chi connectivity index (χ4n) is 2.00. The van der Waals surface area contributed by atoms with Gasteiger partial charge in [0.15, 0.2) is 0 Å². The quantitative estimate of drug-likeness (QED) is 0.285. The summed E-state index contributed by atoms with van der Waals surface area (Å²) < 4.78 is 20.0. The number of ether oxygens (including phenoxy) is 3. The summed E-state index contributed by atoms with van der Waals surface area (Å²) in [4.78, 5) is 22.5. The van der Waals surface area contributed by atoms with Crippen molar-refractivity contribution in [2.24, 2.45) is 0 Å². The van der Waals surface area contributed by atoms with Gasteiger partial charge in [-0.3, -0.25) is 0 Å². The number of carboxylic acids is 1. The first-order valence-electron chi connectivity index (χ1n) is 7.26. The van der Waals surface area contributed by atoms with Crippen LogP contribution >= 0.6 is 136 Å². The van der Waals surface area contributed by atoms with Crippen molar-refractivity contribution in [3.63, 3.8) is 0 Å². The zero-order valence-corrected chi connectivity index (χ0v) is 29.3. The van der Waals surface area contributed by atoms with Gasteiger partial charge in [0, 0.05) is 7.14 Å². The zero-order valence-electron chi connectivity index (χ0n) is 16.4. The van der Waals surface area contributed by atoms with E-state index >= 15 is 0 Å². The molecule has 0 aliphatic heterocycles. The smallest absolute Gasteiger partial charge is 0.870 e. The van der Waals surface area contributed by atoms with E-state index in [0.29, 0.717) is 20.4 Å². The molecule has 0 aromatic heterocycles. The van der Waals surface area contributed by atoms with Crippen LogP contribution in [0.5, 0.6) is 11.5 Å². The van der Waals surface area contributed by atoms with E-state index in [-0.39, 0.29) is 30.3 Å². The van der Waals surface area contributed by atoms with Gasteiger partial charge in [0.1, 0.15) is 11.5 Å². The van der Waals surface area contributed by atoms with Crippen LogP contribution in [-0.2, 0) is 4.74 Å². The van der Waals surface area contributed by atoms with E-state index in [1.807, 2.05) is 51.2 Å². The van der Waals surface area contributed by atoms with Crippen molar-refractivity contribution in [1.82, 2.24) is 0 Å². The van der Waals surface area contributed by atoms with Gasteiger partial charge in [-0.25, -0.2) is 9.59 Å². The Hall–Kier alpha value is 1.92. The monoisotopic (exact) mass is 1100 g/mol. The molecule has 0 radical (unpaired) electrons. The topological polar surface area (TPSA) is 112 Å². The van der Waals surface area contributed by atoms with Crippen molar-refractivity contribution in [1.29, 1.82) is 0 Å². The summed E-state index contributed by atoms with van der Waals surface area (Å²) in [6.07, 6.45) is 0. The van der Waals surface area contributed by atoms with Gasteiger partial charge in [0.2, 0.25) is 0 Å². The maximum atomic E-state index is 11.5. The molecule has 0 amide bonds. The minimum Gasteiger partial charge on any atom is -0.870 e. The number of rotatable bonds is 4. The number of carbonyl (C=O) groups is 2. The molecule has 0 aliphatic carbocycles. The number of hydrogen-bond acceptors (Lipinski definition) is 6. The largest absolute Gasteiger partial charge is 1.00 e. The number of benzene rings is 2. The molecule has 0 bridgehead atoms. The number of aromatic carboxylic acids is 1. The standard InChI is InChI=1S/C9H7I3O3.C8H5I3O3.Li.H2O/c1-14-8-5(11)3-4(10)6(7(8)12)9(13)15-2;1-14-7-4(10)2-3(9)5(6(7)11)8(12)13;;/h3H,1-2H3;2H,1H3,(H,12,13);;1H2/q;;+1;/p-1. The fraction of sp³-hybridized carbons (Fsp3) is 0.176. The molecular formula is C17H13I6LiO7. The summed E-state index contributed by atoms with van der Waals surface area (Å²) in [5, 5.41) is 8.99. The van der Waals surface area contributed by atoms with Crippen LogP contribution in [0.4, 0.5) is 0 Å². The Kier molecular flexibility index (Phi) is 18.7. The Morgan fingerprint density at radius 2 is 1.10 bits per heavy atom. The van der Waals surface area contributed by atoms with Gasteiger partial charge in [-0.05, 0) is 148 Å². The fourth-order valence-corrected chi connectivity index (χ4v) is 10.5. The minimum atomic E-state index is -0.923. The number of halogens is 6. The van der Waals surface area contributed by atoms with Crippen LogP contribution in [-0.4, -0.2) is 43.9 Å². The Balaban J connectivity index is 0. The normalized spacial score (nSPS) is 9.32. The second-order valence-corrected chi connectivity index (χ2v) is 11.7. The number of esters is 1. The molecule has 0 fully saturated rings. The van der Waals surface area contributed by atoms with Crippen molar-refractivity contribution in [3.8, 4) is 11.5 Å². The van der Waals surface area contributed by atoms with E-state index in [4.69, 9.17) is 19.3 Å². The number of methoxy groups -OCH3 is 3. The molecule has 2 rings (SSSR count). The van der Waals surface area contributed by atoms with Gasteiger partial charge in [-0.2, -0.15) is 0 Å². The van der Waals surface area contributed by atoms with Gasteiger partial charge in [-0.1, -0.05) is 0 Å². The van der Waals surface area contributed by atoms with Crippen LogP contribution in [0.1, 0.15) is 20.7 Å². The molecule has 31 heavy (non-hydrogen) atoms. The van der Waals surface area contributed by atoms with Gasteiger partial charge >= 0.3 is 30.8 Å². The van der Waals surface area contributed by atoms with Gasteiger partial charge in [0.05, 0.1) is 46.7 Å². The van der Waals surface area contributed by atoms with Crippen LogP contribution in [0, 0.1) is 21.4 Å². The second kappa shape index (κ2) is 16.6. The van der Waals surface area contributed by atoms with E-state index in [1.165, 1.54) is 14.2 Å². The van der Waals surface area contributed by atoms with Crippen molar-refractivity contribution in [2.45, 2.75) is 0 Å². The first-order valence-corrected chi connectivity index (χ1v) is 13.7. The maximum absolute atomic E-state index is 11.5. The SMILES string of the molecule is COC(=O)c1c(I)cc(I)c(OC)c1I.COc1c(I)cc(I)c(C(=O)O)c1I.[Li+].[OH-]. The van der Waals surface area contributed by atoms with Crippen molar-refractivity contribution >= 4 is 147 Å². The number of hydrogen-bond donors (Lipinski definition) is 1. The van der Waals surface area contributed by atoms with E-state index in [0.717, 1.165) is 23.6 Å². The van der Waals surface area contributed by atoms with Crippen molar-refractivity contribution in [2.75, 3.05) is 21.3 Å². The Morgan fingerprint density at radius 3 is 1.42 bits per heavy atom. The summed E-state index contributed by atoms with van der Waals surface area (Å²) in [7, 11) is 4.50. The first-order chi connectivity index (χ1) is 13.5. The Bertz CT molecular complexity index is 956. The molecule has 14 heteroatoms. The van der Waals surface area contributed by atoms with E-state index < -0.39 is 5.97 Å². The van der Waals surface area contributed by atoms with Crippen molar-refractivity contribution in [3.05, 3.63) is 44.7 Å². The van der Waals surface area contributed by atoms with E-state index in [2.05, 4.69) is 90.4 Å². The third-order valence-electron chi connectivity index (χ3n) is 3.27. The third-order valence-corrected chi connectivity index (χ3v) is 8.63. The molecule has 166 valence electrons. The summed E-state index contributed by atoms with van der Waals surface area (Å²) in [6.45, 7) is 0. The molecule has 7 nitrogen and oxygen atoms in total. The molecule has 2 aromatic rings. The zero-order chi connectivity index (χ0) is 22.5. The van der Waals surface area contributed by atoms with Crippen LogP contribution in [0.25, 0.3) is 0 Å². The molecule has 0 spiro atoms. The Morgan fingerprint density at radius 1 is 0.742 bits per heavy atom. The Labute approximate surface area is 273 Å². The van der Waals surface area contributed by atoms with Gasteiger partial charge in [0.25, 0.3) is 0 Å². The average Bonchev–Trinajstić information content (AvgIpc) is 2.61. The first kappa shape index (κ1) is 35.1. The van der Waals surface area contributed by atoms with Crippen molar-refractivity contribution < 1.29 is 53.2 Å². The van der Waals surface area contributed by atoms with Gasteiger partial charge < -0.3 is 24.8 Å². The van der Waals surface area contributed by atoms with Crippen LogP contribution < -0.4 is 28.3 Å². The maximum Gasteiger partial charge on any atom is 1.00 e. The molecule has 0 saturated heterocycles. The third kappa shape index (κ3) is 9.14. The molecule has 2 aromatic carbocycles. The molecule has 0 heterocycles. The predicted octanol–water partition coefficient (Wildman–Crippen LogP) is 3.33. The summed E-state index contributed by atoms with van der Waals surface area (Å²) in [5.41, 5.74) is 0.874. The summed E-state index contributed by atoms with van der Waals surface area (Å²) in [5.74, 6) is 0.0908. The van der Waals surface area contributed by atoms with Crippen LogP contribution in [0.15, 0.2) is 12.1 Å². The van der Waals surface area contributed by atoms with E-state index in [1.54, 1.807) is 13.2 Å². The molecule has 0 aliphatic rings. The minimum absolute atomic E-state index is 0. The molecule has 0 atom stereocenters. The van der Waals surface area contributed by atoms with E-state index in [9.17, 15) is 9.59 Å². The number of carbonyl (C=O) groups excluding carboxylic acids is 1. The average molecular weight is 1100 g/mol. The molecular weight excluding hydrogens is 1080 g/mol. The molecule has 0 saturated carbocycles. The van der Waals surface area contributed by atoms with Gasteiger partial charge in [-0.15, -0.1) is 0 Å². The molecule has 0 unspecified atom stereocenters. The van der Waals surface area contributed by atoms with Crippen LogP contribution in [0.3, 0.4) is 0 Å². The number of carboxylic acid groups (broad SMARTS) is 1. The summed E-state index contributed by atoms with van der Waals surface area (Å²) >= 11 is 12.5. The predicted molar refractivity (Wildman–Crippen MR) is 163 cm³/mol. The van der Waals surface area contributed by atoms with Crippen LogP contribution in [0.2, 0.25) is 0 Å².